The first-order chi connectivity index (χ1) is 9.41. The van der Waals surface area contributed by atoms with E-state index >= 15 is 0 Å². The largest absolute Gasteiger partial charge is 0.317 e. The molecule has 6 heteroatoms. The highest BCUT2D eigenvalue weighted by atomic mass is 32.2. The molecule has 0 bridgehead atoms. The standard InChI is InChI=1S/C14H19F2NO2S/c1-17-11(7-10-5-6-20(18,19)9-10)8-12-13(15)3-2-4-14(12)16/h2-4,10-11,17H,5-9H2,1H3. The highest BCUT2D eigenvalue weighted by Crippen LogP contribution is 2.25. The van der Waals surface area contributed by atoms with Crippen molar-refractivity contribution in [2.24, 2.45) is 5.92 Å². The third-order valence-electron chi connectivity index (χ3n) is 3.87. The molecule has 1 N–H and O–H groups in total. The van der Waals surface area contributed by atoms with Gasteiger partial charge in [0.05, 0.1) is 11.5 Å². The molecule has 2 atom stereocenters. The van der Waals surface area contributed by atoms with Crippen molar-refractivity contribution in [3.8, 4) is 0 Å². The summed E-state index contributed by atoms with van der Waals surface area (Å²) in [6, 6.07) is 3.70. The van der Waals surface area contributed by atoms with Crippen LogP contribution in [0.4, 0.5) is 8.78 Å². The minimum absolute atomic E-state index is 0.0627. The van der Waals surface area contributed by atoms with Gasteiger partial charge in [-0.3, -0.25) is 0 Å². The van der Waals surface area contributed by atoms with Crippen LogP contribution >= 0.6 is 0 Å². The fourth-order valence-electron chi connectivity index (χ4n) is 2.74. The van der Waals surface area contributed by atoms with Gasteiger partial charge >= 0.3 is 0 Å². The third kappa shape index (κ3) is 3.76. The normalized spacial score (nSPS) is 22.9. The molecule has 1 aromatic rings. The summed E-state index contributed by atoms with van der Waals surface area (Å²) < 4.78 is 50.1. The molecule has 2 rings (SSSR count). The summed E-state index contributed by atoms with van der Waals surface area (Å²) in [5, 5.41) is 3.03. The summed E-state index contributed by atoms with van der Waals surface area (Å²) in [5.74, 6) is -0.617. The van der Waals surface area contributed by atoms with E-state index in [-0.39, 0.29) is 35.4 Å². The number of hydrogen-bond donors (Lipinski definition) is 1. The quantitative estimate of drug-likeness (QED) is 0.904. The molecular weight excluding hydrogens is 284 g/mol. The first-order valence-corrected chi connectivity index (χ1v) is 8.54. The zero-order valence-corrected chi connectivity index (χ0v) is 12.2. The van der Waals surface area contributed by atoms with E-state index in [1.54, 1.807) is 7.05 Å². The molecule has 1 heterocycles. The van der Waals surface area contributed by atoms with Crippen LogP contribution in [0.25, 0.3) is 0 Å². The van der Waals surface area contributed by atoms with E-state index in [9.17, 15) is 17.2 Å². The summed E-state index contributed by atoms with van der Waals surface area (Å²) >= 11 is 0. The Labute approximate surface area is 118 Å². The Kier molecular flexibility index (Phi) is 4.75. The zero-order chi connectivity index (χ0) is 14.8. The van der Waals surface area contributed by atoms with Gasteiger partial charge in [-0.05, 0) is 44.4 Å². The summed E-state index contributed by atoms with van der Waals surface area (Å²) in [7, 11) is -1.19. The minimum atomic E-state index is -2.91. The second-order valence-electron chi connectivity index (χ2n) is 5.39. The maximum Gasteiger partial charge on any atom is 0.150 e. The maximum absolute atomic E-state index is 13.6. The molecular formula is C14H19F2NO2S. The molecule has 20 heavy (non-hydrogen) atoms. The number of benzene rings is 1. The Morgan fingerprint density at radius 2 is 2.00 bits per heavy atom. The van der Waals surface area contributed by atoms with Crippen LogP contribution in [-0.4, -0.2) is 33.0 Å². The Balaban J connectivity index is 2.03. The van der Waals surface area contributed by atoms with E-state index < -0.39 is 21.5 Å². The van der Waals surface area contributed by atoms with Crippen LogP contribution in [0.3, 0.4) is 0 Å². The van der Waals surface area contributed by atoms with Crippen LogP contribution in [0.1, 0.15) is 18.4 Å². The van der Waals surface area contributed by atoms with E-state index in [0.29, 0.717) is 12.8 Å². The average Bonchev–Trinajstić information content (AvgIpc) is 2.72. The number of nitrogens with one attached hydrogen (secondary N) is 1. The summed E-state index contributed by atoms with van der Waals surface area (Å²) in [5.41, 5.74) is 0.0627. The average molecular weight is 303 g/mol. The van der Waals surface area contributed by atoms with E-state index in [4.69, 9.17) is 0 Å². The van der Waals surface area contributed by atoms with Crippen molar-refractivity contribution >= 4 is 9.84 Å². The van der Waals surface area contributed by atoms with Crippen LogP contribution in [-0.2, 0) is 16.3 Å². The first-order valence-electron chi connectivity index (χ1n) is 6.72. The molecule has 0 radical (unpaired) electrons. The molecule has 3 nitrogen and oxygen atoms in total. The Morgan fingerprint density at radius 1 is 1.35 bits per heavy atom. The Morgan fingerprint density at radius 3 is 2.50 bits per heavy atom. The van der Waals surface area contributed by atoms with Gasteiger partial charge in [0.15, 0.2) is 9.84 Å². The van der Waals surface area contributed by atoms with E-state index in [2.05, 4.69) is 5.32 Å². The second kappa shape index (κ2) is 6.18. The molecule has 112 valence electrons. The van der Waals surface area contributed by atoms with Gasteiger partial charge in [-0.2, -0.15) is 0 Å². The highest BCUT2D eigenvalue weighted by Gasteiger charge is 2.29. The van der Waals surface area contributed by atoms with Crippen LogP contribution in [0.2, 0.25) is 0 Å². The fourth-order valence-corrected chi connectivity index (χ4v) is 4.62. The summed E-state index contributed by atoms with van der Waals surface area (Å²) in [4.78, 5) is 0. The van der Waals surface area contributed by atoms with Crippen molar-refractivity contribution < 1.29 is 17.2 Å². The lowest BCUT2D eigenvalue weighted by Crippen LogP contribution is -2.31. The van der Waals surface area contributed by atoms with Crippen molar-refractivity contribution in [1.29, 1.82) is 0 Å². The number of rotatable bonds is 5. The van der Waals surface area contributed by atoms with Gasteiger partial charge in [-0.1, -0.05) is 6.07 Å². The number of sulfone groups is 1. The lowest BCUT2D eigenvalue weighted by Gasteiger charge is -2.20. The van der Waals surface area contributed by atoms with Crippen molar-refractivity contribution in [3.63, 3.8) is 0 Å². The van der Waals surface area contributed by atoms with Gasteiger partial charge in [0.2, 0.25) is 0 Å². The van der Waals surface area contributed by atoms with Crippen LogP contribution in [0.5, 0.6) is 0 Å². The van der Waals surface area contributed by atoms with Gasteiger partial charge in [-0.15, -0.1) is 0 Å². The second-order valence-corrected chi connectivity index (χ2v) is 7.62. The van der Waals surface area contributed by atoms with Gasteiger partial charge in [-0.25, -0.2) is 17.2 Å². The predicted molar refractivity (Wildman–Crippen MR) is 74.3 cm³/mol. The van der Waals surface area contributed by atoms with Crippen molar-refractivity contribution in [2.45, 2.75) is 25.3 Å². The maximum atomic E-state index is 13.6. The SMILES string of the molecule is CNC(Cc1c(F)cccc1F)CC1CCS(=O)(=O)C1. The molecule has 1 saturated heterocycles. The van der Waals surface area contributed by atoms with Gasteiger partial charge in [0.1, 0.15) is 11.6 Å². The lowest BCUT2D eigenvalue weighted by molar-refractivity contribution is 0.412. The van der Waals surface area contributed by atoms with Gasteiger partial charge in [0, 0.05) is 11.6 Å². The van der Waals surface area contributed by atoms with Crippen molar-refractivity contribution in [1.82, 2.24) is 5.32 Å². The van der Waals surface area contributed by atoms with Crippen molar-refractivity contribution in [3.05, 3.63) is 35.4 Å². The highest BCUT2D eigenvalue weighted by molar-refractivity contribution is 7.91. The van der Waals surface area contributed by atoms with E-state index in [0.717, 1.165) is 0 Å². The predicted octanol–water partition coefficient (Wildman–Crippen LogP) is 1.92. The zero-order valence-electron chi connectivity index (χ0n) is 11.4. The van der Waals surface area contributed by atoms with E-state index in [1.165, 1.54) is 18.2 Å². The van der Waals surface area contributed by atoms with Crippen LogP contribution in [0.15, 0.2) is 18.2 Å². The molecule has 0 spiro atoms. The molecule has 1 fully saturated rings. The summed E-state index contributed by atoms with van der Waals surface area (Å²) in [6.07, 6.45) is 1.48. The molecule has 0 saturated carbocycles. The lowest BCUT2D eigenvalue weighted by atomic mass is 9.94. The van der Waals surface area contributed by atoms with Crippen LogP contribution < -0.4 is 5.32 Å². The number of likely N-dealkylation sites (N-methyl/N-ethyl adjacent to an activating group) is 1. The van der Waals surface area contributed by atoms with Crippen molar-refractivity contribution in [2.75, 3.05) is 18.6 Å². The number of halogens is 2. The molecule has 1 aromatic carbocycles. The van der Waals surface area contributed by atoms with Gasteiger partial charge in [0.25, 0.3) is 0 Å². The molecule has 1 aliphatic rings. The monoisotopic (exact) mass is 303 g/mol. The Hall–Kier alpha value is -1.01. The minimum Gasteiger partial charge on any atom is -0.317 e. The van der Waals surface area contributed by atoms with E-state index in [1.807, 2.05) is 0 Å². The molecule has 0 aromatic heterocycles. The smallest absolute Gasteiger partial charge is 0.150 e. The van der Waals surface area contributed by atoms with Gasteiger partial charge < -0.3 is 5.32 Å². The number of hydrogen-bond acceptors (Lipinski definition) is 3. The molecule has 0 aliphatic carbocycles. The Bertz CT molecular complexity index is 554. The summed E-state index contributed by atoms with van der Waals surface area (Å²) in [6.45, 7) is 0. The molecule has 1 aliphatic heterocycles. The fraction of sp³-hybridized carbons (Fsp3) is 0.571. The molecule has 0 amide bonds. The first kappa shape index (κ1) is 15.4. The third-order valence-corrected chi connectivity index (χ3v) is 5.70. The molecule has 2 unspecified atom stereocenters. The van der Waals surface area contributed by atoms with Crippen LogP contribution in [0, 0.1) is 17.6 Å². The topological polar surface area (TPSA) is 46.2 Å².